The molecule has 1 aliphatic carbocycles. The van der Waals surface area contributed by atoms with Crippen molar-refractivity contribution in [2.75, 3.05) is 5.88 Å². The fourth-order valence-corrected chi connectivity index (χ4v) is 3.44. The maximum Gasteiger partial charge on any atom is 0.252 e. The van der Waals surface area contributed by atoms with E-state index in [9.17, 15) is 4.79 Å². The lowest BCUT2D eigenvalue weighted by Crippen LogP contribution is -2.51. The predicted octanol–water partition coefficient (Wildman–Crippen LogP) is 3.96. The molecular weight excluding hydrogens is 361 g/mol. The van der Waals surface area contributed by atoms with Crippen LogP contribution in [0.1, 0.15) is 42.5 Å². The van der Waals surface area contributed by atoms with Crippen LogP contribution in [0.3, 0.4) is 0 Å². The van der Waals surface area contributed by atoms with Crippen LogP contribution >= 0.6 is 34.2 Å². The summed E-state index contributed by atoms with van der Waals surface area (Å²) in [6, 6.07) is 7.65. The van der Waals surface area contributed by atoms with E-state index in [-0.39, 0.29) is 11.4 Å². The molecule has 0 spiro atoms. The molecule has 2 rings (SSSR count). The minimum Gasteiger partial charge on any atom is -0.345 e. The Morgan fingerprint density at radius 2 is 1.94 bits per heavy atom. The molecule has 0 unspecified atom stereocenters. The Morgan fingerprint density at radius 3 is 2.56 bits per heavy atom. The molecule has 98 valence electrons. The topological polar surface area (TPSA) is 29.1 Å². The highest BCUT2D eigenvalue weighted by Crippen LogP contribution is 2.29. The average molecular weight is 378 g/mol. The summed E-state index contributed by atoms with van der Waals surface area (Å²) in [7, 11) is 0. The van der Waals surface area contributed by atoms with Crippen LogP contribution in [0.2, 0.25) is 0 Å². The molecule has 4 heteroatoms. The number of benzene rings is 1. The number of amides is 1. The Hall–Kier alpha value is -0.290. The van der Waals surface area contributed by atoms with Crippen LogP contribution in [0.4, 0.5) is 0 Å². The molecule has 1 aromatic rings. The van der Waals surface area contributed by atoms with Gasteiger partial charge in [-0.25, -0.2) is 0 Å². The lowest BCUT2D eigenvalue weighted by atomic mass is 9.83. The van der Waals surface area contributed by atoms with Gasteiger partial charge in [0.15, 0.2) is 0 Å². The molecule has 1 fully saturated rings. The first-order valence-electron chi connectivity index (χ1n) is 6.30. The van der Waals surface area contributed by atoms with Crippen molar-refractivity contribution in [1.82, 2.24) is 5.32 Å². The van der Waals surface area contributed by atoms with Crippen LogP contribution in [0.5, 0.6) is 0 Å². The van der Waals surface area contributed by atoms with E-state index >= 15 is 0 Å². The molecule has 1 aromatic carbocycles. The smallest absolute Gasteiger partial charge is 0.252 e. The normalized spacial score (nSPS) is 18.3. The van der Waals surface area contributed by atoms with Gasteiger partial charge in [-0.1, -0.05) is 31.4 Å². The number of nitrogens with one attached hydrogen (secondary N) is 1. The van der Waals surface area contributed by atoms with Crippen molar-refractivity contribution in [3.63, 3.8) is 0 Å². The summed E-state index contributed by atoms with van der Waals surface area (Å²) >= 11 is 8.28. The number of alkyl halides is 1. The minimum atomic E-state index is -0.199. The second-order valence-corrected chi connectivity index (χ2v) is 6.34. The predicted molar refractivity (Wildman–Crippen MR) is 83.2 cm³/mol. The highest BCUT2D eigenvalue weighted by atomic mass is 127. The SMILES string of the molecule is O=C(NC1(CCl)CCCCC1)c1ccccc1I. The van der Waals surface area contributed by atoms with E-state index in [1.165, 1.54) is 6.42 Å². The zero-order chi connectivity index (χ0) is 13.0. The third kappa shape index (κ3) is 3.18. The fraction of sp³-hybridized carbons (Fsp3) is 0.500. The molecular formula is C14H17ClINO. The molecule has 0 aliphatic heterocycles. The van der Waals surface area contributed by atoms with Crippen LogP contribution in [0.15, 0.2) is 24.3 Å². The Balaban J connectivity index is 2.13. The third-order valence-corrected chi connectivity index (χ3v) is 5.02. The number of carbonyl (C=O) groups is 1. The maximum atomic E-state index is 12.3. The Bertz CT molecular complexity index is 430. The fourth-order valence-electron chi connectivity index (χ4n) is 2.47. The molecule has 0 atom stereocenters. The summed E-state index contributed by atoms with van der Waals surface area (Å²) < 4.78 is 0.980. The van der Waals surface area contributed by atoms with Gasteiger partial charge in [0, 0.05) is 9.45 Å². The molecule has 0 heterocycles. The molecule has 1 aliphatic rings. The van der Waals surface area contributed by atoms with Gasteiger partial charge >= 0.3 is 0 Å². The molecule has 2 nitrogen and oxygen atoms in total. The lowest BCUT2D eigenvalue weighted by molar-refractivity contribution is 0.0884. The van der Waals surface area contributed by atoms with Crippen molar-refractivity contribution in [1.29, 1.82) is 0 Å². The second kappa shape index (κ2) is 6.24. The van der Waals surface area contributed by atoms with Gasteiger partial charge in [-0.05, 0) is 47.6 Å². The summed E-state index contributed by atoms with van der Waals surface area (Å²) in [6.45, 7) is 0. The summed E-state index contributed by atoms with van der Waals surface area (Å²) in [4.78, 5) is 12.3. The van der Waals surface area contributed by atoms with Gasteiger partial charge < -0.3 is 5.32 Å². The van der Waals surface area contributed by atoms with E-state index in [2.05, 4.69) is 27.9 Å². The van der Waals surface area contributed by atoms with Crippen LogP contribution in [-0.2, 0) is 0 Å². The van der Waals surface area contributed by atoms with Crippen LogP contribution in [-0.4, -0.2) is 17.3 Å². The van der Waals surface area contributed by atoms with Gasteiger partial charge in [0.2, 0.25) is 0 Å². The molecule has 1 N–H and O–H groups in total. The van der Waals surface area contributed by atoms with Crippen molar-refractivity contribution >= 4 is 40.1 Å². The van der Waals surface area contributed by atoms with Gasteiger partial charge in [0.1, 0.15) is 0 Å². The monoisotopic (exact) mass is 377 g/mol. The molecule has 1 amide bonds. The number of hydrogen-bond acceptors (Lipinski definition) is 1. The van der Waals surface area contributed by atoms with Crippen molar-refractivity contribution in [2.45, 2.75) is 37.6 Å². The Labute approximate surface area is 127 Å². The molecule has 18 heavy (non-hydrogen) atoms. The van der Waals surface area contributed by atoms with Crippen molar-refractivity contribution in [3.05, 3.63) is 33.4 Å². The van der Waals surface area contributed by atoms with Gasteiger partial charge in [-0.3, -0.25) is 4.79 Å². The van der Waals surface area contributed by atoms with E-state index in [1.807, 2.05) is 24.3 Å². The van der Waals surface area contributed by atoms with E-state index in [0.29, 0.717) is 5.88 Å². The van der Waals surface area contributed by atoms with Gasteiger partial charge in [-0.15, -0.1) is 11.6 Å². The van der Waals surface area contributed by atoms with Crippen LogP contribution < -0.4 is 5.32 Å². The van der Waals surface area contributed by atoms with Crippen molar-refractivity contribution < 1.29 is 4.79 Å². The van der Waals surface area contributed by atoms with Gasteiger partial charge in [-0.2, -0.15) is 0 Å². The van der Waals surface area contributed by atoms with Crippen molar-refractivity contribution in [2.24, 2.45) is 0 Å². The zero-order valence-corrected chi connectivity index (χ0v) is 13.1. The summed E-state index contributed by atoms with van der Waals surface area (Å²) in [5.74, 6) is 0.504. The highest BCUT2D eigenvalue weighted by Gasteiger charge is 2.33. The number of carbonyl (C=O) groups excluding carboxylic acids is 1. The standard InChI is InChI=1S/C14H17ClINO/c15-10-14(8-4-1-5-9-14)17-13(18)11-6-2-3-7-12(11)16/h2-3,6-7H,1,4-5,8-10H2,(H,17,18). The largest absolute Gasteiger partial charge is 0.345 e. The quantitative estimate of drug-likeness (QED) is 0.627. The highest BCUT2D eigenvalue weighted by molar-refractivity contribution is 14.1. The van der Waals surface area contributed by atoms with E-state index in [0.717, 1.165) is 34.8 Å². The number of hydrogen-bond donors (Lipinski definition) is 1. The second-order valence-electron chi connectivity index (χ2n) is 4.91. The first-order chi connectivity index (χ1) is 8.67. The lowest BCUT2D eigenvalue weighted by Gasteiger charge is -2.36. The summed E-state index contributed by atoms with van der Waals surface area (Å²) in [5.41, 5.74) is 0.545. The van der Waals surface area contributed by atoms with Gasteiger partial charge in [0.25, 0.3) is 5.91 Å². The molecule has 1 saturated carbocycles. The molecule has 0 aromatic heterocycles. The Morgan fingerprint density at radius 1 is 1.28 bits per heavy atom. The number of halogens is 2. The molecule has 0 saturated heterocycles. The van der Waals surface area contributed by atoms with Crippen LogP contribution in [0.25, 0.3) is 0 Å². The first kappa shape index (κ1) is 14.1. The Kier molecular flexibility index (Phi) is 4.90. The maximum absolute atomic E-state index is 12.3. The van der Waals surface area contributed by atoms with Crippen LogP contribution in [0, 0.1) is 3.57 Å². The van der Waals surface area contributed by atoms with E-state index in [4.69, 9.17) is 11.6 Å². The van der Waals surface area contributed by atoms with E-state index in [1.54, 1.807) is 0 Å². The zero-order valence-electron chi connectivity index (χ0n) is 10.2. The van der Waals surface area contributed by atoms with Gasteiger partial charge in [0.05, 0.1) is 11.1 Å². The third-order valence-electron chi connectivity index (χ3n) is 3.56. The number of rotatable bonds is 3. The molecule has 0 radical (unpaired) electrons. The van der Waals surface area contributed by atoms with E-state index < -0.39 is 0 Å². The summed E-state index contributed by atoms with van der Waals surface area (Å²) in [6.07, 6.45) is 5.53. The molecule has 0 bridgehead atoms. The average Bonchev–Trinajstić information content (AvgIpc) is 2.40. The van der Waals surface area contributed by atoms with Crippen molar-refractivity contribution in [3.8, 4) is 0 Å². The minimum absolute atomic E-state index is 0.00236. The summed E-state index contributed by atoms with van der Waals surface area (Å²) in [5, 5.41) is 3.16. The first-order valence-corrected chi connectivity index (χ1v) is 7.91.